The molecule has 0 heterocycles. The summed E-state index contributed by atoms with van der Waals surface area (Å²) in [6.07, 6.45) is -4.20. The molecule has 7 nitrogen and oxygen atoms in total. The molecule has 31 heavy (non-hydrogen) atoms. The van der Waals surface area contributed by atoms with E-state index in [2.05, 4.69) is 5.32 Å². The predicted octanol–water partition coefficient (Wildman–Crippen LogP) is 4.52. The van der Waals surface area contributed by atoms with Gasteiger partial charge in [0.25, 0.3) is 5.69 Å². The second-order valence-corrected chi connectivity index (χ2v) is 7.11. The average Bonchev–Trinajstić information content (AvgIpc) is 2.69. The highest BCUT2D eigenvalue weighted by Gasteiger charge is 2.30. The highest BCUT2D eigenvalue weighted by atomic mass is 19.4. The first kappa shape index (κ1) is 24.1. The van der Waals surface area contributed by atoms with Gasteiger partial charge in [-0.1, -0.05) is 18.2 Å². The number of hydrogen-bond acceptors (Lipinski definition) is 5. The lowest BCUT2D eigenvalue weighted by atomic mass is 9.94. The second kappa shape index (κ2) is 10.3. The number of nitro benzene ring substituents is 1. The molecule has 3 N–H and O–H groups in total. The molecular weight excluding hydrogens is 417 g/mol. The van der Waals surface area contributed by atoms with Crippen LogP contribution in [0.15, 0.2) is 36.4 Å². The highest BCUT2D eigenvalue weighted by molar-refractivity contribution is 5.69. The summed E-state index contributed by atoms with van der Waals surface area (Å²) in [4.78, 5) is 21.8. The van der Waals surface area contributed by atoms with Crippen LogP contribution in [0.25, 0.3) is 0 Å². The van der Waals surface area contributed by atoms with Gasteiger partial charge in [-0.25, -0.2) is 0 Å². The molecule has 1 atom stereocenters. The Bertz CT molecular complexity index is 930. The summed E-state index contributed by atoms with van der Waals surface area (Å²) in [5, 5.41) is 32.7. The number of carboxylic acid groups (broad SMARTS) is 1. The Hall–Kier alpha value is -3.14. The molecule has 0 saturated heterocycles. The van der Waals surface area contributed by atoms with Crippen molar-refractivity contribution in [2.24, 2.45) is 0 Å². The third kappa shape index (κ3) is 6.42. The van der Waals surface area contributed by atoms with Crippen molar-refractivity contribution in [3.8, 4) is 0 Å². The number of anilines is 1. The largest absolute Gasteiger partial charge is 0.481 e. The minimum atomic E-state index is -4.45. The highest BCUT2D eigenvalue weighted by Crippen LogP contribution is 2.33. The van der Waals surface area contributed by atoms with E-state index in [4.69, 9.17) is 5.11 Å². The third-order valence-corrected chi connectivity index (χ3v) is 5.06. The fourth-order valence-corrected chi connectivity index (χ4v) is 3.35. The van der Waals surface area contributed by atoms with Gasteiger partial charge in [-0.05, 0) is 49.1 Å². The summed E-state index contributed by atoms with van der Waals surface area (Å²) in [6, 6.07) is 7.70. The number of aliphatic hydroxyl groups is 1. The maximum Gasteiger partial charge on any atom is 0.416 e. The normalized spacial score (nSPS) is 12.4. The van der Waals surface area contributed by atoms with E-state index in [1.54, 1.807) is 13.0 Å². The molecule has 0 bridgehead atoms. The van der Waals surface area contributed by atoms with Crippen molar-refractivity contribution in [1.82, 2.24) is 0 Å². The van der Waals surface area contributed by atoms with Crippen molar-refractivity contribution in [2.75, 3.05) is 18.5 Å². The molecule has 168 valence electrons. The Kier molecular flexibility index (Phi) is 7.98. The number of aryl methyl sites for hydroxylation is 1. The SMILES string of the molecule is Cc1c(CCC(=O)O)ccc(NCC(CCO)c2ccc(C(F)(F)F)cc2)c1[N+](=O)[O-]. The smallest absolute Gasteiger partial charge is 0.416 e. The fraction of sp³-hybridized carbons (Fsp3) is 0.381. The van der Waals surface area contributed by atoms with Gasteiger partial charge in [0.1, 0.15) is 5.69 Å². The van der Waals surface area contributed by atoms with Crippen molar-refractivity contribution in [2.45, 2.75) is 38.3 Å². The van der Waals surface area contributed by atoms with Crippen LogP contribution in [0.4, 0.5) is 24.5 Å². The number of halogens is 3. The van der Waals surface area contributed by atoms with Gasteiger partial charge in [-0.2, -0.15) is 13.2 Å². The molecule has 0 aliphatic carbocycles. The van der Waals surface area contributed by atoms with Crippen LogP contribution in [0.5, 0.6) is 0 Å². The molecule has 10 heteroatoms. The van der Waals surface area contributed by atoms with E-state index in [-0.39, 0.29) is 49.7 Å². The van der Waals surface area contributed by atoms with Crippen LogP contribution in [0.1, 0.15) is 41.0 Å². The lowest BCUT2D eigenvalue weighted by Crippen LogP contribution is -2.16. The van der Waals surface area contributed by atoms with Crippen molar-refractivity contribution in [1.29, 1.82) is 0 Å². The Labute approximate surface area is 176 Å². The standard InChI is InChI=1S/C21H23F3N2O5/c1-13-14(5-9-19(28)29)4-8-18(20(13)26(30)31)25-12-16(10-11-27)15-2-6-17(7-3-15)21(22,23)24/h2-4,6-8,16,25,27H,5,9-12H2,1H3,(H,28,29). The average molecular weight is 440 g/mol. The first-order valence-corrected chi connectivity index (χ1v) is 9.55. The summed E-state index contributed by atoms with van der Waals surface area (Å²) in [6.45, 7) is 1.49. The van der Waals surface area contributed by atoms with E-state index in [9.17, 15) is 33.2 Å². The zero-order valence-corrected chi connectivity index (χ0v) is 16.8. The number of nitrogens with zero attached hydrogens (tertiary/aromatic N) is 1. The molecule has 1 unspecified atom stereocenters. The minimum absolute atomic E-state index is 0.153. The van der Waals surface area contributed by atoms with E-state index in [1.807, 2.05) is 0 Å². The van der Waals surface area contributed by atoms with Crippen LogP contribution in [0, 0.1) is 17.0 Å². The molecule has 0 radical (unpaired) electrons. The monoisotopic (exact) mass is 440 g/mol. The molecule has 0 saturated carbocycles. The first-order valence-electron chi connectivity index (χ1n) is 9.55. The van der Waals surface area contributed by atoms with Crippen molar-refractivity contribution in [3.63, 3.8) is 0 Å². The van der Waals surface area contributed by atoms with Crippen LogP contribution >= 0.6 is 0 Å². The zero-order chi connectivity index (χ0) is 23.2. The topological polar surface area (TPSA) is 113 Å². The molecule has 0 spiro atoms. The molecule has 2 rings (SSSR count). The van der Waals surface area contributed by atoms with Crippen LogP contribution < -0.4 is 5.32 Å². The number of carboxylic acids is 1. The summed E-state index contributed by atoms with van der Waals surface area (Å²) < 4.78 is 38.3. The van der Waals surface area contributed by atoms with Gasteiger partial charge in [0.15, 0.2) is 0 Å². The Balaban J connectivity index is 2.24. The lowest BCUT2D eigenvalue weighted by Gasteiger charge is -2.19. The summed E-state index contributed by atoms with van der Waals surface area (Å²) >= 11 is 0. The van der Waals surface area contributed by atoms with Crippen molar-refractivity contribution in [3.05, 3.63) is 68.8 Å². The lowest BCUT2D eigenvalue weighted by molar-refractivity contribution is -0.384. The van der Waals surface area contributed by atoms with Gasteiger partial charge in [-0.3, -0.25) is 14.9 Å². The van der Waals surface area contributed by atoms with E-state index in [0.717, 1.165) is 12.1 Å². The number of carbonyl (C=O) groups is 1. The molecule has 0 aromatic heterocycles. The van der Waals surface area contributed by atoms with Crippen LogP contribution in [0.2, 0.25) is 0 Å². The number of benzene rings is 2. The summed E-state index contributed by atoms with van der Waals surface area (Å²) in [5.41, 5.74) is 0.718. The first-order chi connectivity index (χ1) is 14.5. The summed E-state index contributed by atoms with van der Waals surface area (Å²) in [5.74, 6) is -1.38. The molecular formula is C21H23F3N2O5. The van der Waals surface area contributed by atoms with E-state index < -0.39 is 22.6 Å². The number of alkyl halides is 3. The van der Waals surface area contributed by atoms with Crippen LogP contribution in [0.3, 0.4) is 0 Å². The molecule has 0 aliphatic heterocycles. The van der Waals surface area contributed by atoms with Crippen LogP contribution in [-0.4, -0.2) is 34.3 Å². The second-order valence-electron chi connectivity index (χ2n) is 7.11. The third-order valence-electron chi connectivity index (χ3n) is 5.06. The van der Waals surface area contributed by atoms with Crippen molar-refractivity contribution < 1.29 is 33.1 Å². The number of rotatable bonds is 10. The molecule has 0 fully saturated rings. The van der Waals surface area contributed by atoms with Gasteiger partial charge in [0.05, 0.1) is 10.5 Å². The Morgan fingerprint density at radius 3 is 2.35 bits per heavy atom. The van der Waals surface area contributed by atoms with E-state index in [1.165, 1.54) is 18.2 Å². The number of aliphatic hydroxyl groups excluding tert-OH is 1. The van der Waals surface area contributed by atoms with E-state index in [0.29, 0.717) is 16.7 Å². The number of aliphatic carboxylic acids is 1. The zero-order valence-electron chi connectivity index (χ0n) is 16.8. The molecule has 0 amide bonds. The fourth-order valence-electron chi connectivity index (χ4n) is 3.35. The minimum Gasteiger partial charge on any atom is -0.481 e. The number of hydrogen-bond donors (Lipinski definition) is 3. The number of nitrogens with one attached hydrogen (secondary N) is 1. The molecule has 2 aromatic rings. The Morgan fingerprint density at radius 1 is 1.19 bits per heavy atom. The van der Waals surface area contributed by atoms with Gasteiger partial charge < -0.3 is 15.5 Å². The Morgan fingerprint density at radius 2 is 1.84 bits per heavy atom. The van der Waals surface area contributed by atoms with Gasteiger partial charge in [0.2, 0.25) is 0 Å². The molecule has 2 aromatic carbocycles. The number of nitro groups is 1. The quantitative estimate of drug-likeness (QED) is 0.370. The van der Waals surface area contributed by atoms with Crippen LogP contribution in [-0.2, 0) is 17.4 Å². The van der Waals surface area contributed by atoms with Gasteiger partial charge in [0, 0.05) is 31.1 Å². The predicted molar refractivity (Wildman–Crippen MR) is 108 cm³/mol. The maximum atomic E-state index is 12.8. The van der Waals surface area contributed by atoms with Crippen molar-refractivity contribution >= 4 is 17.3 Å². The summed E-state index contributed by atoms with van der Waals surface area (Å²) in [7, 11) is 0. The van der Waals surface area contributed by atoms with E-state index >= 15 is 0 Å². The van der Waals surface area contributed by atoms with Gasteiger partial charge in [-0.15, -0.1) is 0 Å². The van der Waals surface area contributed by atoms with Gasteiger partial charge >= 0.3 is 12.1 Å². The molecule has 0 aliphatic rings. The maximum absolute atomic E-state index is 12.8.